The van der Waals surface area contributed by atoms with Gasteiger partial charge in [0.15, 0.2) is 5.17 Å². The van der Waals surface area contributed by atoms with E-state index in [1.54, 1.807) is 0 Å². The minimum atomic E-state index is -0.806. The van der Waals surface area contributed by atoms with Crippen molar-refractivity contribution < 1.29 is 14.4 Å². The molecule has 1 aliphatic carbocycles. The van der Waals surface area contributed by atoms with Gasteiger partial charge in [0.25, 0.3) is 0 Å². The molecule has 0 aromatic heterocycles. The van der Waals surface area contributed by atoms with Gasteiger partial charge in [0.1, 0.15) is 0 Å². The van der Waals surface area contributed by atoms with Crippen molar-refractivity contribution in [3.63, 3.8) is 0 Å². The average Bonchev–Trinajstić information content (AvgIpc) is 2.91. The Morgan fingerprint density at radius 1 is 1.21 bits per heavy atom. The van der Waals surface area contributed by atoms with Crippen LogP contribution in [0.3, 0.4) is 0 Å². The average molecular weight is 411 g/mol. The molecule has 2 amide bonds. The highest BCUT2D eigenvalue weighted by Gasteiger charge is 2.35. The lowest BCUT2D eigenvalue weighted by Crippen LogP contribution is -2.49. The molecular weight excluding hydrogens is 376 g/mol. The van der Waals surface area contributed by atoms with Crippen molar-refractivity contribution in [2.45, 2.75) is 77.8 Å². The molecule has 0 aromatic carbocycles. The summed E-state index contributed by atoms with van der Waals surface area (Å²) < 4.78 is 0. The number of carbonyl (C=O) groups excluding carboxylic acids is 3. The summed E-state index contributed by atoms with van der Waals surface area (Å²) in [7, 11) is 1.92. The van der Waals surface area contributed by atoms with Gasteiger partial charge in [-0.05, 0) is 39.0 Å². The van der Waals surface area contributed by atoms with Crippen LogP contribution in [0.2, 0.25) is 0 Å². The van der Waals surface area contributed by atoms with Crippen LogP contribution in [0, 0.1) is 11.8 Å². The summed E-state index contributed by atoms with van der Waals surface area (Å²) in [6, 6.07) is -0.806. The maximum absolute atomic E-state index is 12.7. The van der Waals surface area contributed by atoms with E-state index in [2.05, 4.69) is 29.7 Å². The van der Waals surface area contributed by atoms with Crippen molar-refractivity contribution >= 4 is 34.5 Å². The van der Waals surface area contributed by atoms with E-state index in [-0.39, 0.29) is 23.3 Å². The third-order valence-electron chi connectivity index (χ3n) is 5.54. The maximum atomic E-state index is 12.7. The second kappa shape index (κ2) is 9.76. The van der Waals surface area contributed by atoms with Crippen LogP contribution in [0.1, 0.15) is 66.2 Å². The van der Waals surface area contributed by atoms with Gasteiger partial charge in [0, 0.05) is 24.3 Å². The molecule has 1 saturated carbocycles. The van der Waals surface area contributed by atoms with Crippen molar-refractivity contribution in [3.8, 4) is 0 Å². The lowest BCUT2D eigenvalue weighted by Gasteiger charge is -2.27. The Kier molecular flexibility index (Phi) is 7.92. The van der Waals surface area contributed by atoms with E-state index in [0.717, 1.165) is 37.9 Å². The van der Waals surface area contributed by atoms with Crippen LogP contribution in [-0.2, 0) is 14.4 Å². The molecular formula is C20H34N4O3S. The predicted molar refractivity (Wildman–Crippen MR) is 113 cm³/mol. The zero-order valence-corrected chi connectivity index (χ0v) is 18.5. The van der Waals surface area contributed by atoms with Gasteiger partial charge in [-0.15, -0.1) is 5.10 Å². The molecule has 0 spiro atoms. The number of amides is 2. The monoisotopic (exact) mass is 410 g/mol. The van der Waals surface area contributed by atoms with Gasteiger partial charge < -0.3 is 10.2 Å². The van der Waals surface area contributed by atoms with E-state index in [1.807, 2.05) is 25.8 Å². The number of nitrogens with zero attached hydrogens (tertiary/aromatic N) is 2. The molecule has 158 valence electrons. The lowest BCUT2D eigenvalue weighted by molar-refractivity contribution is -0.140. The van der Waals surface area contributed by atoms with Gasteiger partial charge in [-0.2, -0.15) is 0 Å². The number of thioether (sulfide) groups is 1. The summed E-state index contributed by atoms with van der Waals surface area (Å²) >= 11 is 1.54. The van der Waals surface area contributed by atoms with E-state index in [9.17, 15) is 14.4 Å². The zero-order chi connectivity index (χ0) is 20.9. The second-order valence-electron chi connectivity index (χ2n) is 8.89. The van der Waals surface area contributed by atoms with E-state index < -0.39 is 17.7 Å². The van der Waals surface area contributed by atoms with Crippen molar-refractivity contribution in [2.75, 3.05) is 12.8 Å². The largest absolute Gasteiger partial charge is 0.347 e. The normalized spacial score (nSPS) is 22.4. The lowest BCUT2D eigenvalue weighted by atomic mass is 9.88. The van der Waals surface area contributed by atoms with Gasteiger partial charge in [-0.1, -0.05) is 44.9 Å². The van der Waals surface area contributed by atoms with Gasteiger partial charge in [-0.3, -0.25) is 14.4 Å². The fraction of sp³-hybridized carbons (Fsp3) is 0.800. The maximum Gasteiger partial charge on any atom is 0.309 e. The zero-order valence-electron chi connectivity index (χ0n) is 17.7. The number of hydrogen-bond acceptors (Lipinski definition) is 5. The van der Waals surface area contributed by atoms with Gasteiger partial charge in [-0.25, -0.2) is 5.43 Å². The van der Waals surface area contributed by atoms with Crippen LogP contribution in [0.5, 0.6) is 0 Å². The molecule has 1 heterocycles. The number of hydrogen-bond donors (Lipinski definition) is 2. The summed E-state index contributed by atoms with van der Waals surface area (Å²) in [6.07, 6.45) is 5.38. The highest BCUT2D eigenvalue weighted by atomic mass is 32.2. The molecule has 2 N–H and O–H groups in total. The number of Topliss-reactive ketones (excluding diaryl/α,β-unsaturated/α-hetero) is 1. The molecule has 8 heteroatoms. The van der Waals surface area contributed by atoms with Gasteiger partial charge >= 0.3 is 5.91 Å². The minimum Gasteiger partial charge on any atom is -0.347 e. The minimum absolute atomic E-state index is 0.0492. The Hall–Kier alpha value is -1.57. The topological polar surface area (TPSA) is 90.9 Å². The molecule has 1 unspecified atom stereocenters. The van der Waals surface area contributed by atoms with Crippen LogP contribution >= 0.6 is 11.8 Å². The molecule has 1 atom stereocenters. The summed E-state index contributed by atoms with van der Waals surface area (Å²) in [6.45, 7) is 8.12. The molecule has 2 rings (SSSR count). The second-order valence-corrected chi connectivity index (χ2v) is 9.83. The van der Waals surface area contributed by atoms with E-state index in [1.165, 1.54) is 11.8 Å². The number of rotatable bonds is 7. The van der Waals surface area contributed by atoms with E-state index >= 15 is 0 Å². The first-order valence-corrected chi connectivity index (χ1v) is 11.2. The fourth-order valence-electron chi connectivity index (χ4n) is 3.47. The predicted octanol–water partition coefficient (Wildman–Crippen LogP) is 2.51. The molecule has 0 aromatic rings. The number of nitrogens with one attached hydrogen (secondary N) is 2. The summed E-state index contributed by atoms with van der Waals surface area (Å²) in [5.74, 6) is -0.527. The fourth-order valence-corrected chi connectivity index (χ4v) is 4.70. The van der Waals surface area contributed by atoms with E-state index in [4.69, 9.17) is 0 Å². The van der Waals surface area contributed by atoms with Crippen molar-refractivity contribution in [3.05, 3.63) is 0 Å². The number of amidine groups is 1. The molecule has 28 heavy (non-hydrogen) atoms. The number of hydrazone groups is 1. The standard InChI is InChI=1S/C20H34N4O3S/c1-13(2)11-15(21-17(26)14-9-7-6-8-10-14)16(25)18(27)22-23-19-24(5)20(3,4)12-28-19/h13-15H,6-12H2,1-5H3,(H,21,26)(H,22,27)/b23-19-. The van der Waals surface area contributed by atoms with Crippen molar-refractivity contribution in [1.29, 1.82) is 0 Å². The van der Waals surface area contributed by atoms with Crippen LogP contribution < -0.4 is 10.7 Å². The Balaban J connectivity index is 1.99. The molecule has 1 saturated heterocycles. The molecule has 0 bridgehead atoms. The Labute approximate surface area is 172 Å². The van der Waals surface area contributed by atoms with Crippen molar-refractivity contribution in [2.24, 2.45) is 16.9 Å². The molecule has 2 aliphatic rings. The third kappa shape index (κ3) is 5.96. The quantitative estimate of drug-likeness (QED) is 0.497. The third-order valence-corrected chi connectivity index (χ3v) is 7.02. The van der Waals surface area contributed by atoms with Crippen LogP contribution in [0.25, 0.3) is 0 Å². The molecule has 1 aliphatic heterocycles. The van der Waals surface area contributed by atoms with Gasteiger partial charge in [0.2, 0.25) is 11.7 Å². The Bertz CT molecular complexity index is 627. The van der Waals surface area contributed by atoms with Gasteiger partial charge in [0.05, 0.1) is 6.04 Å². The molecule has 0 radical (unpaired) electrons. The van der Waals surface area contributed by atoms with Crippen LogP contribution in [-0.4, -0.2) is 52.0 Å². The first-order valence-electron chi connectivity index (χ1n) is 10.2. The number of ketones is 1. The first kappa shape index (κ1) is 22.7. The smallest absolute Gasteiger partial charge is 0.309 e. The molecule has 7 nitrogen and oxygen atoms in total. The van der Waals surface area contributed by atoms with Crippen LogP contribution in [0.15, 0.2) is 5.10 Å². The summed E-state index contributed by atoms with van der Waals surface area (Å²) in [5.41, 5.74) is 2.34. The SMILES string of the molecule is CC(C)CC(NC(=O)C1CCCCC1)C(=O)C(=O)N/N=C1\SCC(C)(C)N1C. The highest BCUT2D eigenvalue weighted by Crippen LogP contribution is 2.30. The number of carbonyl (C=O) groups is 3. The summed E-state index contributed by atoms with van der Waals surface area (Å²) in [4.78, 5) is 39.6. The highest BCUT2D eigenvalue weighted by molar-refractivity contribution is 8.14. The van der Waals surface area contributed by atoms with Crippen molar-refractivity contribution in [1.82, 2.24) is 15.6 Å². The molecule has 2 fully saturated rings. The Morgan fingerprint density at radius 2 is 1.86 bits per heavy atom. The summed E-state index contributed by atoms with van der Waals surface area (Å²) in [5, 5.41) is 7.64. The Morgan fingerprint density at radius 3 is 2.39 bits per heavy atom. The van der Waals surface area contributed by atoms with Crippen LogP contribution in [0.4, 0.5) is 0 Å². The first-order chi connectivity index (χ1) is 13.1. The van der Waals surface area contributed by atoms with E-state index in [0.29, 0.717) is 11.6 Å².